The first kappa shape index (κ1) is 16.4. The van der Waals surface area contributed by atoms with Crippen LogP contribution in [0.15, 0.2) is 18.2 Å². The number of nitrogens with zero attached hydrogens (tertiary/aromatic N) is 1. The van der Waals surface area contributed by atoms with E-state index in [-0.39, 0.29) is 17.6 Å². The minimum absolute atomic E-state index is 0.164. The van der Waals surface area contributed by atoms with Crippen LogP contribution in [0.3, 0.4) is 0 Å². The molecule has 1 heterocycles. The van der Waals surface area contributed by atoms with Crippen LogP contribution in [0.2, 0.25) is 0 Å². The maximum absolute atomic E-state index is 13.3. The van der Waals surface area contributed by atoms with Crippen LogP contribution in [-0.2, 0) is 0 Å². The molecule has 2 aliphatic carbocycles. The lowest BCUT2D eigenvalue weighted by Gasteiger charge is -2.56. The van der Waals surface area contributed by atoms with Gasteiger partial charge in [0.2, 0.25) is 0 Å². The Bertz CT molecular complexity index is 806. The van der Waals surface area contributed by atoms with E-state index < -0.39 is 11.6 Å². The van der Waals surface area contributed by atoms with Gasteiger partial charge in [-0.3, -0.25) is 4.79 Å². The average Bonchev–Trinajstić information content (AvgIpc) is 2.81. The number of anilines is 2. The maximum Gasteiger partial charge on any atom is 0.271 e. The number of hydrogen-bond donors (Lipinski definition) is 2. The second-order valence-electron chi connectivity index (χ2n) is 6.99. The predicted octanol–water partition coefficient (Wildman–Crippen LogP) is 4.54. The van der Waals surface area contributed by atoms with E-state index in [9.17, 15) is 13.6 Å². The van der Waals surface area contributed by atoms with Crippen molar-refractivity contribution in [2.24, 2.45) is 5.41 Å². The van der Waals surface area contributed by atoms with E-state index in [0.717, 1.165) is 17.4 Å². The molecule has 2 N–H and O–H groups in total. The van der Waals surface area contributed by atoms with Gasteiger partial charge in [0.05, 0.1) is 0 Å². The quantitative estimate of drug-likeness (QED) is 0.839. The zero-order chi connectivity index (χ0) is 17.6. The van der Waals surface area contributed by atoms with Crippen molar-refractivity contribution in [2.45, 2.75) is 45.1 Å². The smallest absolute Gasteiger partial charge is 0.271 e. The Kier molecular flexibility index (Phi) is 3.98. The Morgan fingerprint density at radius 1 is 1.24 bits per heavy atom. The van der Waals surface area contributed by atoms with Crippen molar-refractivity contribution >= 4 is 28.1 Å². The van der Waals surface area contributed by atoms with Crippen LogP contribution < -0.4 is 10.6 Å². The van der Waals surface area contributed by atoms with Gasteiger partial charge in [0.25, 0.3) is 5.91 Å². The number of aromatic nitrogens is 1. The molecule has 2 aromatic rings. The minimum atomic E-state index is -0.662. The van der Waals surface area contributed by atoms with Gasteiger partial charge < -0.3 is 10.6 Å². The summed E-state index contributed by atoms with van der Waals surface area (Å²) in [6.07, 6.45) is 5.88. The van der Waals surface area contributed by atoms with E-state index in [1.165, 1.54) is 49.2 Å². The van der Waals surface area contributed by atoms with Crippen LogP contribution in [0.25, 0.3) is 0 Å². The van der Waals surface area contributed by atoms with Crippen molar-refractivity contribution in [2.75, 3.05) is 5.32 Å². The van der Waals surface area contributed by atoms with Gasteiger partial charge in [-0.05, 0) is 50.2 Å². The molecule has 25 heavy (non-hydrogen) atoms. The molecule has 132 valence electrons. The van der Waals surface area contributed by atoms with Crippen LogP contribution >= 0.6 is 11.3 Å². The number of rotatable bonds is 4. The van der Waals surface area contributed by atoms with Gasteiger partial charge in [-0.25, -0.2) is 13.8 Å². The standard InChI is InChI=1S/C18H19F2N3OS/c1-10-15(16(24)22-14-3-6-18(14)4-2-5-18)23-17(25-10)21-13-8-11(19)7-12(20)9-13/h7-9,14H,2-6H2,1H3,(H,21,23)(H,22,24)/t14-/m1/s1. The summed E-state index contributed by atoms with van der Waals surface area (Å²) in [5.41, 5.74) is 0.983. The highest BCUT2D eigenvalue weighted by Crippen LogP contribution is 2.55. The van der Waals surface area contributed by atoms with E-state index in [2.05, 4.69) is 15.6 Å². The highest BCUT2D eigenvalue weighted by Gasteiger charge is 2.51. The van der Waals surface area contributed by atoms with Crippen molar-refractivity contribution < 1.29 is 13.6 Å². The third-order valence-electron chi connectivity index (χ3n) is 5.45. The number of benzene rings is 1. The Balaban J connectivity index is 1.47. The summed E-state index contributed by atoms with van der Waals surface area (Å²) in [5.74, 6) is -1.49. The SMILES string of the molecule is Cc1sc(Nc2cc(F)cc(F)c2)nc1C(=O)N[C@@H]1CCC12CCC2. The fourth-order valence-corrected chi connectivity index (χ4v) is 4.62. The summed E-state index contributed by atoms with van der Waals surface area (Å²) < 4.78 is 26.6. The molecule has 1 aromatic carbocycles. The van der Waals surface area contributed by atoms with Crippen LogP contribution in [-0.4, -0.2) is 16.9 Å². The molecule has 1 amide bonds. The molecular formula is C18H19F2N3OS. The summed E-state index contributed by atoms with van der Waals surface area (Å²) in [6, 6.07) is 3.44. The minimum Gasteiger partial charge on any atom is -0.347 e. The van der Waals surface area contributed by atoms with Crippen molar-refractivity contribution in [1.82, 2.24) is 10.3 Å². The van der Waals surface area contributed by atoms with E-state index >= 15 is 0 Å². The van der Waals surface area contributed by atoms with Crippen LogP contribution in [0, 0.1) is 24.0 Å². The molecule has 1 atom stereocenters. The molecule has 7 heteroatoms. The number of carbonyl (C=O) groups is 1. The second-order valence-corrected chi connectivity index (χ2v) is 8.19. The first-order valence-electron chi connectivity index (χ1n) is 8.47. The van der Waals surface area contributed by atoms with E-state index in [4.69, 9.17) is 0 Å². The van der Waals surface area contributed by atoms with Crippen LogP contribution in [0.1, 0.15) is 47.5 Å². The number of nitrogens with one attached hydrogen (secondary N) is 2. The van der Waals surface area contributed by atoms with Crippen molar-refractivity contribution in [1.29, 1.82) is 0 Å². The van der Waals surface area contributed by atoms with Gasteiger partial charge in [-0.1, -0.05) is 6.42 Å². The van der Waals surface area contributed by atoms with E-state index in [1.807, 2.05) is 6.92 Å². The lowest BCUT2D eigenvalue weighted by molar-refractivity contribution is -0.0147. The topological polar surface area (TPSA) is 54.0 Å². The molecular weight excluding hydrogens is 344 g/mol. The number of amides is 1. The summed E-state index contributed by atoms with van der Waals surface area (Å²) in [4.78, 5) is 17.7. The number of thiazole rings is 1. The van der Waals surface area contributed by atoms with Gasteiger partial charge in [0.15, 0.2) is 5.13 Å². The van der Waals surface area contributed by atoms with Crippen molar-refractivity contribution in [3.8, 4) is 0 Å². The fraction of sp³-hybridized carbons (Fsp3) is 0.444. The third kappa shape index (κ3) is 3.01. The number of halogens is 2. The highest BCUT2D eigenvalue weighted by molar-refractivity contribution is 7.15. The third-order valence-corrected chi connectivity index (χ3v) is 6.34. The highest BCUT2D eigenvalue weighted by atomic mass is 32.1. The molecule has 0 radical (unpaired) electrons. The summed E-state index contributed by atoms with van der Waals surface area (Å²) >= 11 is 1.29. The number of carbonyl (C=O) groups excluding carboxylic acids is 1. The largest absolute Gasteiger partial charge is 0.347 e. The monoisotopic (exact) mass is 363 g/mol. The van der Waals surface area contributed by atoms with Gasteiger partial charge in [-0.15, -0.1) is 11.3 Å². The molecule has 2 saturated carbocycles. The molecule has 0 bridgehead atoms. The first-order chi connectivity index (χ1) is 11.9. The lowest BCUT2D eigenvalue weighted by atomic mass is 9.53. The average molecular weight is 363 g/mol. The van der Waals surface area contributed by atoms with E-state index in [1.54, 1.807) is 0 Å². The zero-order valence-electron chi connectivity index (χ0n) is 13.9. The molecule has 2 aliphatic rings. The molecule has 0 aliphatic heterocycles. The lowest BCUT2D eigenvalue weighted by Crippen LogP contribution is -2.58. The maximum atomic E-state index is 13.3. The second kappa shape index (κ2) is 6.05. The summed E-state index contributed by atoms with van der Waals surface area (Å²) in [5, 5.41) is 6.43. The normalized spacial score (nSPS) is 20.7. The van der Waals surface area contributed by atoms with Crippen molar-refractivity contribution in [3.05, 3.63) is 40.4 Å². The fourth-order valence-electron chi connectivity index (χ4n) is 3.79. The first-order valence-corrected chi connectivity index (χ1v) is 9.28. The summed E-state index contributed by atoms with van der Waals surface area (Å²) in [7, 11) is 0. The van der Waals surface area contributed by atoms with Crippen molar-refractivity contribution in [3.63, 3.8) is 0 Å². The Hall–Kier alpha value is -2.02. The zero-order valence-corrected chi connectivity index (χ0v) is 14.7. The van der Waals surface area contributed by atoms with Gasteiger partial charge in [0.1, 0.15) is 17.3 Å². The Morgan fingerprint density at radius 2 is 1.96 bits per heavy atom. The molecule has 0 saturated heterocycles. The van der Waals surface area contributed by atoms with Gasteiger partial charge in [-0.2, -0.15) is 0 Å². The summed E-state index contributed by atoms with van der Waals surface area (Å²) in [6.45, 7) is 1.82. The molecule has 1 spiro atoms. The van der Waals surface area contributed by atoms with Gasteiger partial charge in [0, 0.05) is 22.7 Å². The molecule has 4 rings (SSSR count). The Labute approximate surface area is 148 Å². The Morgan fingerprint density at radius 3 is 2.52 bits per heavy atom. The van der Waals surface area contributed by atoms with Crippen LogP contribution in [0.5, 0.6) is 0 Å². The molecule has 4 nitrogen and oxygen atoms in total. The van der Waals surface area contributed by atoms with E-state index in [0.29, 0.717) is 16.2 Å². The number of hydrogen-bond acceptors (Lipinski definition) is 4. The molecule has 0 unspecified atom stereocenters. The number of aryl methyl sites for hydroxylation is 1. The van der Waals surface area contributed by atoms with Crippen LogP contribution in [0.4, 0.5) is 19.6 Å². The molecule has 2 fully saturated rings. The molecule has 1 aromatic heterocycles. The predicted molar refractivity (Wildman–Crippen MR) is 93.3 cm³/mol. The van der Waals surface area contributed by atoms with Gasteiger partial charge >= 0.3 is 0 Å².